The van der Waals surface area contributed by atoms with Crippen molar-refractivity contribution in [2.45, 2.75) is 12.5 Å². The molecule has 198 valence electrons. The number of carbonyl (C=O) groups excluding carboxylic acids is 2. The number of tetrazole rings is 1. The fourth-order valence-electron chi connectivity index (χ4n) is 3.66. The second-order valence-corrected chi connectivity index (χ2v) is 8.54. The molecular weight excluding hydrogens is 524 g/mol. The van der Waals surface area contributed by atoms with Crippen LogP contribution in [0.25, 0.3) is 22.9 Å². The van der Waals surface area contributed by atoms with E-state index in [-0.39, 0.29) is 0 Å². The topological polar surface area (TPSA) is 157 Å². The maximum atomic E-state index is 12.9. The van der Waals surface area contributed by atoms with Crippen LogP contribution in [-0.2, 0) is 9.53 Å². The number of aromatic amines is 1. The molecule has 3 N–H and O–H groups in total. The molecule has 1 atom stereocenters. The van der Waals surface area contributed by atoms with Crippen molar-refractivity contribution in [2.75, 3.05) is 12.4 Å². The quantitative estimate of drug-likeness (QED) is 0.212. The average Bonchev–Trinajstić information content (AvgIpc) is 3.47. The van der Waals surface area contributed by atoms with Crippen LogP contribution < -0.4 is 16.2 Å². The molecule has 4 aromatic rings. The summed E-state index contributed by atoms with van der Waals surface area (Å²) in [5.41, 5.74) is 2.72. The van der Waals surface area contributed by atoms with Crippen LogP contribution in [0.15, 0.2) is 78.4 Å². The number of anilines is 1. The summed E-state index contributed by atoms with van der Waals surface area (Å²) in [6.45, 7) is 3.77. The molecule has 12 nitrogen and oxygen atoms in total. The number of ether oxygens (including phenoxy) is 1. The Bertz CT molecular complexity index is 1570. The lowest BCUT2D eigenvalue weighted by Crippen LogP contribution is -2.28. The zero-order chi connectivity index (χ0) is 27.8. The van der Waals surface area contributed by atoms with E-state index in [9.17, 15) is 14.4 Å². The highest BCUT2D eigenvalue weighted by Gasteiger charge is 2.17. The van der Waals surface area contributed by atoms with Crippen molar-refractivity contribution in [3.05, 3.63) is 100 Å². The highest BCUT2D eigenvalue weighted by molar-refractivity contribution is 6.30. The Hall–Kier alpha value is -5.10. The number of rotatable bonds is 9. The summed E-state index contributed by atoms with van der Waals surface area (Å²) in [5.74, 6) is -0.405. The average molecular weight is 547 g/mol. The van der Waals surface area contributed by atoms with Crippen LogP contribution in [0.4, 0.5) is 10.5 Å². The van der Waals surface area contributed by atoms with Gasteiger partial charge in [0.25, 0.3) is 5.56 Å². The van der Waals surface area contributed by atoms with E-state index < -0.39 is 23.6 Å². The smallest absolute Gasteiger partial charge is 0.411 e. The maximum absolute atomic E-state index is 12.9. The van der Waals surface area contributed by atoms with Crippen molar-refractivity contribution in [3.8, 4) is 16.8 Å². The maximum Gasteiger partial charge on any atom is 0.411 e. The van der Waals surface area contributed by atoms with E-state index in [4.69, 9.17) is 11.6 Å². The molecule has 0 aliphatic heterocycles. The van der Waals surface area contributed by atoms with Gasteiger partial charge in [-0.2, -0.15) is 9.78 Å². The second kappa shape index (κ2) is 12.4. The summed E-state index contributed by atoms with van der Waals surface area (Å²) >= 11 is 6.15. The van der Waals surface area contributed by atoms with Crippen molar-refractivity contribution < 1.29 is 14.3 Å². The highest BCUT2D eigenvalue weighted by atomic mass is 35.5. The standard InChI is InChI=1S/C26H23ClN8O4/c1-3-4-21(30-24(36)12-7-17-13-18(27)8-11-23(17)35-15-28-33-34-35)22-14-20(25(37)32-31-22)16-5-9-19(10-6-16)29-26(38)39-2/h3,5-15,21H,1,4H2,2H3,(H,29,38)(H,30,36)(H,32,37)/b12-7+. The molecule has 39 heavy (non-hydrogen) atoms. The third-order valence-corrected chi connectivity index (χ3v) is 5.76. The second-order valence-electron chi connectivity index (χ2n) is 8.11. The van der Waals surface area contributed by atoms with Crippen molar-refractivity contribution in [2.24, 2.45) is 0 Å². The summed E-state index contributed by atoms with van der Waals surface area (Å²) < 4.78 is 6.04. The van der Waals surface area contributed by atoms with Crippen LogP contribution in [-0.4, -0.2) is 49.5 Å². The summed E-state index contributed by atoms with van der Waals surface area (Å²) in [7, 11) is 1.27. The first-order valence-electron chi connectivity index (χ1n) is 11.6. The first kappa shape index (κ1) is 26.9. The van der Waals surface area contributed by atoms with E-state index in [1.807, 2.05) is 0 Å². The summed E-state index contributed by atoms with van der Waals surface area (Å²) in [5, 5.41) is 23.7. The number of H-pyrrole nitrogens is 1. The van der Waals surface area contributed by atoms with Gasteiger partial charge in [-0.25, -0.2) is 9.89 Å². The predicted molar refractivity (Wildman–Crippen MR) is 145 cm³/mol. The Kier molecular flexibility index (Phi) is 8.59. The van der Waals surface area contributed by atoms with Crippen LogP contribution in [0.3, 0.4) is 0 Å². The van der Waals surface area contributed by atoms with Crippen LogP contribution in [0.1, 0.15) is 23.7 Å². The van der Waals surface area contributed by atoms with Gasteiger partial charge in [-0.3, -0.25) is 14.9 Å². The molecule has 4 rings (SSSR count). The molecule has 0 bridgehead atoms. The summed E-state index contributed by atoms with van der Waals surface area (Å²) in [4.78, 5) is 36.8. The first-order chi connectivity index (χ1) is 18.9. The molecule has 0 radical (unpaired) electrons. The Morgan fingerprint density at radius 1 is 1.21 bits per heavy atom. The van der Waals surface area contributed by atoms with Crippen LogP contribution in [0.5, 0.6) is 0 Å². The predicted octanol–water partition coefficient (Wildman–Crippen LogP) is 3.69. The van der Waals surface area contributed by atoms with Gasteiger partial charge in [-0.1, -0.05) is 29.8 Å². The van der Waals surface area contributed by atoms with Crippen LogP contribution in [0, 0.1) is 0 Å². The van der Waals surface area contributed by atoms with Gasteiger partial charge in [-0.05, 0) is 64.9 Å². The molecule has 2 aromatic carbocycles. The fourth-order valence-corrected chi connectivity index (χ4v) is 3.84. The SMILES string of the molecule is C=CCC(NC(=O)/C=C/c1cc(Cl)ccc1-n1cnnn1)c1cc(-c2ccc(NC(=O)OC)cc2)c(=O)[nH]n1. The number of benzene rings is 2. The van der Waals surface area contributed by atoms with Gasteiger partial charge in [0.15, 0.2) is 0 Å². The Labute approximate surface area is 227 Å². The monoisotopic (exact) mass is 546 g/mol. The Morgan fingerprint density at radius 3 is 2.69 bits per heavy atom. The van der Waals surface area contributed by atoms with Crippen molar-refractivity contribution in [1.29, 1.82) is 0 Å². The minimum atomic E-state index is -0.606. The third kappa shape index (κ3) is 6.81. The molecular formula is C26H23ClN8O4. The largest absolute Gasteiger partial charge is 0.453 e. The van der Waals surface area contributed by atoms with E-state index in [2.05, 4.69) is 47.7 Å². The molecule has 1 unspecified atom stereocenters. The molecule has 2 aromatic heterocycles. The third-order valence-electron chi connectivity index (χ3n) is 5.53. The number of hydrogen-bond donors (Lipinski definition) is 3. The van der Waals surface area contributed by atoms with Crippen LogP contribution in [0.2, 0.25) is 5.02 Å². The van der Waals surface area contributed by atoms with E-state index in [0.29, 0.717) is 45.2 Å². The van der Waals surface area contributed by atoms with E-state index in [1.54, 1.807) is 60.7 Å². The fraction of sp³-hybridized carbons (Fsp3) is 0.115. The Balaban J connectivity index is 1.55. The normalized spacial score (nSPS) is 11.6. The minimum absolute atomic E-state index is 0.341. The first-order valence-corrected chi connectivity index (χ1v) is 11.9. The van der Waals surface area contributed by atoms with Crippen molar-refractivity contribution in [3.63, 3.8) is 0 Å². The number of halogens is 1. The number of methoxy groups -OCH3 is 1. The lowest BCUT2D eigenvalue weighted by molar-refractivity contribution is -0.117. The minimum Gasteiger partial charge on any atom is -0.453 e. The summed E-state index contributed by atoms with van der Waals surface area (Å²) in [6.07, 6.45) is 5.77. The zero-order valence-electron chi connectivity index (χ0n) is 20.7. The molecule has 0 saturated carbocycles. The van der Waals surface area contributed by atoms with Gasteiger partial charge in [0, 0.05) is 22.3 Å². The molecule has 0 saturated heterocycles. The van der Waals surface area contributed by atoms with Crippen molar-refractivity contribution >= 4 is 35.4 Å². The molecule has 2 amide bonds. The number of amides is 2. The Morgan fingerprint density at radius 2 is 2.00 bits per heavy atom. The van der Waals surface area contributed by atoms with Gasteiger partial charge in [0.2, 0.25) is 5.91 Å². The number of aromatic nitrogens is 6. The number of hydrogen-bond acceptors (Lipinski definition) is 8. The van der Waals surface area contributed by atoms with E-state index in [1.165, 1.54) is 24.2 Å². The van der Waals surface area contributed by atoms with Gasteiger partial charge in [-0.15, -0.1) is 11.7 Å². The molecule has 2 heterocycles. The number of nitrogens with one attached hydrogen (secondary N) is 3. The van der Waals surface area contributed by atoms with Gasteiger partial charge in [0.1, 0.15) is 6.33 Å². The van der Waals surface area contributed by atoms with Gasteiger partial charge < -0.3 is 10.1 Å². The summed E-state index contributed by atoms with van der Waals surface area (Å²) in [6, 6.07) is 12.8. The number of nitrogens with zero attached hydrogens (tertiary/aromatic N) is 5. The molecule has 0 aliphatic rings. The van der Waals surface area contributed by atoms with Gasteiger partial charge in [0.05, 0.1) is 30.1 Å². The lowest BCUT2D eigenvalue weighted by atomic mass is 10.0. The van der Waals surface area contributed by atoms with Gasteiger partial charge >= 0.3 is 6.09 Å². The lowest BCUT2D eigenvalue weighted by Gasteiger charge is -2.16. The number of carbonyl (C=O) groups is 2. The van der Waals surface area contributed by atoms with E-state index >= 15 is 0 Å². The zero-order valence-corrected chi connectivity index (χ0v) is 21.4. The molecule has 13 heteroatoms. The highest BCUT2D eigenvalue weighted by Crippen LogP contribution is 2.23. The molecule has 0 aliphatic carbocycles. The molecule has 0 spiro atoms. The molecule has 0 fully saturated rings. The van der Waals surface area contributed by atoms with Crippen molar-refractivity contribution in [1.82, 2.24) is 35.7 Å². The van der Waals surface area contributed by atoms with Crippen LogP contribution >= 0.6 is 11.6 Å². The van der Waals surface area contributed by atoms with E-state index in [0.717, 1.165) is 0 Å².